The number of hydrogen-bond acceptors (Lipinski definition) is 4. The van der Waals surface area contributed by atoms with E-state index in [0.717, 1.165) is 32.1 Å². The van der Waals surface area contributed by atoms with Gasteiger partial charge >= 0.3 is 0 Å². The Bertz CT molecular complexity index is 999. The van der Waals surface area contributed by atoms with Crippen LogP contribution in [0.25, 0.3) is 0 Å². The average molecular weight is 499 g/mol. The fourth-order valence-electron chi connectivity index (χ4n) is 4.43. The van der Waals surface area contributed by atoms with Crippen molar-refractivity contribution in [2.24, 2.45) is 0 Å². The van der Waals surface area contributed by atoms with Crippen molar-refractivity contribution in [2.45, 2.75) is 83.3 Å². The van der Waals surface area contributed by atoms with Crippen LogP contribution in [0, 0.1) is 0 Å². The van der Waals surface area contributed by atoms with E-state index >= 15 is 0 Å². The van der Waals surface area contributed by atoms with Crippen molar-refractivity contribution in [1.82, 2.24) is 15.2 Å². The van der Waals surface area contributed by atoms with Gasteiger partial charge in [-0.25, -0.2) is 4.98 Å². The molecule has 1 atom stereocenters. The summed E-state index contributed by atoms with van der Waals surface area (Å²) in [4.78, 5) is 45.6. The molecule has 0 aliphatic heterocycles. The standard InChI is InChI=1S/C27H35ClN4O3/c1-27(2,3)31-26(35)25(19-12-14-20(28)15-13-19)32(21-9-5-4-6-10-21)24(34)17-16-23(33)30-22-11-7-8-18-29-22/h7-8,11-15,18,21,25H,4-6,9-10,16-17H2,1-3H3,(H,31,35)(H,29,30,33). The van der Waals surface area contributed by atoms with Crippen molar-refractivity contribution >= 4 is 35.1 Å². The van der Waals surface area contributed by atoms with Crippen molar-refractivity contribution in [3.05, 3.63) is 59.2 Å². The summed E-state index contributed by atoms with van der Waals surface area (Å²) in [6.07, 6.45) is 6.39. The maximum absolute atomic E-state index is 13.7. The fraction of sp³-hybridized carbons (Fsp3) is 0.481. The predicted molar refractivity (Wildman–Crippen MR) is 138 cm³/mol. The van der Waals surface area contributed by atoms with Gasteiger partial charge in [-0.3, -0.25) is 14.4 Å². The number of hydrogen-bond donors (Lipinski definition) is 2. The molecule has 0 bridgehead atoms. The first-order valence-corrected chi connectivity index (χ1v) is 12.6. The molecular formula is C27H35ClN4O3. The number of amides is 3. The van der Waals surface area contributed by atoms with Crippen LogP contribution < -0.4 is 10.6 Å². The first kappa shape index (κ1) is 26.7. The second kappa shape index (κ2) is 12.2. The van der Waals surface area contributed by atoms with Crippen LogP contribution in [0.3, 0.4) is 0 Å². The van der Waals surface area contributed by atoms with Gasteiger partial charge < -0.3 is 15.5 Å². The van der Waals surface area contributed by atoms with Gasteiger partial charge in [0.25, 0.3) is 0 Å². The first-order valence-electron chi connectivity index (χ1n) is 12.2. The van der Waals surface area contributed by atoms with Gasteiger partial charge in [0.1, 0.15) is 11.9 Å². The summed E-state index contributed by atoms with van der Waals surface area (Å²) >= 11 is 6.11. The van der Waals surface area contributed by atoms with Crippen LogP contribution in [-0.4, -0.2) is 39.2 Å². The van der Waals surface area contributed by atoms with Gasteiger partial charge in [-0.1, -0.05) is 49.1 Å². The Labute approximate surface area is 212 Å². The monoisotopic (exact) mass is 498 g/mol. The molecule has 8 heteroatoms. The molecular weight excluding hydrogens is 464 g/mol. The number of nitrogens with zero attached hydrogens (tertiary/aromatic N) is 2. The molecule has 3 rings (SSSR count). The molecule has 1 aliphatic carbocycles. The quantitative estimate of drug-likeness (QED) is 0.518. The van der Waals surface area contributed by atoms with Crippen molar-refractivity contribution in [2.75, 3.05) is 5.32 Å². The number of benzene rings is 1. The van der Waals surface area contributed by atoms with E-state index in [1.807, 2.05) is 20.8 Å². The lowest BCUT2D eigenvalue weighted by Gasteiger charge is -2.40. The first-order chi connectivity index (χ1) is 16.6. The number of carbonyl (C=O) groups excluding carboxylic acids is 3. The molecule has 0 spiro atoms. The van der Waals surface area contributed by atoms with Gasteiger partial charge in [-0.15, -0.1) is 0 Å². The van der Waals surface area contributed by atoms with Crippen LogP contribution in [0.2, 0.25) is 5.02 Å². The molecule has 0 radical (unpaired) electrons. The van der Waals surface area contributed by atoms with Gasteiger partial charge in [-0.2, -0.15) is 0 Å². The zero-order valence-electron chi connectivity index (χ0n) is 20.7. The maximum atomic E-state index is 13.7. The van der Waals surface area contributed by atoms with Crippen molar-refractivity contribution in [1.29, 1.82) is 0 Å². The summed E-state index contributed by atoms with van der Waals surface area (Å²) in [6.45, 7) is 5.75. The van der Waals surface area contributed by atoms with E-state index in [0.29, 0.717) is 16.4 Å². The summed E-state index contributed by atoms with van der Waals surface area (Å²) in [5, 5.41) is 6.33. The van der Waals surface area contributed by atoms with E-state index in [1.165, 1.54) is 0 Å². The second-order valence-electron chi connectivity index (χ2n) is 10.0. The third-order valence-corrected chi connectivity index (χ3v) is 6.22. The number of anilines is 1. The normalized spacial score (nSPS) is 15.2. The van der Waals surface area contributed by atoms with Gasteiger partial charge in [0.2, 0.25) is 17.7 Å². The second-order valence-corrected chi connectivity index (χ2v) is 10.5. The Hall–Kier alpha value is -2.93. The largest absolute Gasteiger partial charge is 0.349 e. The lowest BCUT2D eigenvalue weighted by Crippen LogP contribution is -2.52. The predicted octanol–water partition coefficient (Wildman–Crippen LogP) is 5.27. The molecule has 1 aromatic carbocycles. The van der Waals surface area contributed by atoms with Crippen LogP contribution in [0.1, 0.15) is 77.3 Å². The average Bonchev–Trinajstić information content (AvgIpc) is 2.82. The van der Waals surface area contributed by atoms with Crippen LogP contribution in [0.4, 0.5) is 5.82 Å². The van der Waals surface area contributed by atoms with Crippen LogP contribution >= 0.6 is 11.6 Å². The number of pyridine rings is 1. The van der Waals surface area contributed by atoms with Crippen LogP contribution in [-0.2, 0) is 14.4 Å². The van der Waals surface area contributed by atoms with Crippen molar-refractivity contribution < 1.29 is 14.4 Å². The minimum atomic E-state index is -0.805. The highest BCUT2D eigenvalue weighted by molar-refractivity contribution is 6.30. The zero-order chi connectivity index (χ0) is 25.4. The van der Waals surface area contributed by atoms with E-state index < -0.39 is 11.6 Å². The number of halogens is 1. The third-order valence-electron chi connectivity index (χ3n) is 5.96. The zero-order valence-corrected chi connectivity index (χ0v) is 21.5. The molecule has 188 valence electrons. The number of aromatic nitrogens is 1. The molecule has 35 heavy (non-hydrogen) atoms. The molecule has 1 aromatic heterocycles. The fourth-order valence-corrected chi connectivity index (χ4v) is 4.56. The number of rotatable bonds is 8. The van der Waals surface area contributed by atoms with E-state index in [4.69, 9.17) is 11.6 Å². The summed E-state index contributed by atoms with van der Waals surface area (Å²) in [5.41, 5.74) is 0.235. The smallest absolute Gasteiger partial charge is 0.247 e. The van der Waals surface area contributed by atoms with Crippen LogP contribution in [0.15, 0.2) is 48.7 Å². The molecule has 1 heterocycles. The van der Waals surface area contributed by atoms with E-state index in [1.54, 1.807) is 53.6 Å². The number of nitrogens with one attached hydrogen (secondary N) is 2. The summed E-state index contributed by atoms with van der Waals surface area (Å²) in [5.74, 6) is -0.297. The topological polar surface area (TPSA) is 91.4 Å². The molecule has 1 unspecified atom stereocenters. The Morgan fingerprint density at radius 2 is 1.71 bits per heavy atom. The van der Waals surface area contributed by atoms with Gasteiger partial charge in [0.05, 0.1) is 0 Å². The lowest BCUT2D eigenvalue weighted by molar-refractivity contribution is -0.145. The van der Waals surface area contributed by atoms with Crippen molar-refractivity contribution in [3.8, 4) is 0 Å². The minimum Gasteiger partial charge on any atom is -0.349 e. The van der Waals surface area contributed by atoms with Crippen molar-refractivity contribution in [3.63, 3.8) is 0 Å². The molecule has 0 saturated heterocycles. The lowest BCUT2D eigenvalue weighted by atomic mass is 9.90. The third kappa shape index (κ3) is 8.06. The van der Waals surface area contributed by atoms with E-state index in [9.17, 15) is 14.4 Å². The van der Waals surface area contributed by atoms with E-state index in [-0.39, 0.29) is 36.6 Å². The Balaban J connectivity index is 1.86. The van der Waals surface area contributed by atoms with Crippen LogP contribution in [0.5, 0.6) is 0 Å². The SMILES string of the molecule is CC(C)(C)NC(=O)C(c1ccc(Cl)cc1)N(C(=O)CCC(=O)Nc1ccccn1)C1CCCCC1. The molecule has 7 nitrogen and oxygen atoms in total. The summed E-state index contributed by atoms with van der Waals surface area (Å²) < 4.78 is 0. The minimum absolute atomic E-state index is 0.00204. The van der Waals surface area contributed by atoms with Gasteiger partial charge in [-0.05, 0) is 63.4 Å². The molecule has 3 amide bonds. The number of carbonyl (C=O) groups is 3. The molecule has 1 aliphatic rings. The Kier molecular flexibility index (Phi) is 9.26. The highest BCUT2D eigenvalue weighted by Gasteiger charge is 2.37. The Morgan fingerprint density at radius 3 is 2.31 bits per heavy atom. The molecule has 1 saturated carbocycles. The summed E-state index contributed by atoms with van der Waals surface area (Å²) in [7, 11) is 0. The Morgan fingerprint density at radius 1 is 1.03 bits per heavy atom. The van der Waals surface area contributed by atoms with E-state index in [2.05, 4.69) is 15.6 Å². The van der Waals surface area contributed by atoms with Gasteiger partial charge in [0.15, 0.2) is 0 Å². The highest BCUT2D eigenvalue weighted by atomic mass is 35.5. The van der Waals surface area contributed by atoms with Gasteiger partial charge in [0, 0.05) is 35.6 Å². The molecule has 2 aromatic rings. The summed E-state index contributed by atoms with van der Waals surface area (Å²) in [6, 6.07) is 11.4. The maximum Gasteiger partial charge on any atom is 0.247 e. The highest BCUT2D eigenvalue weighted by Crippen LogP contribution is 2.32. The molecule has 1 fully saturated rings. The molecule has 2 N–H and O–H groups in total.